The summed E-state index contributed by atoms with van der Waals surface area (Å²) < 4.78 is 5.56. The van der Waals surface area contributed by atoms with Crippen LogP contribution in [0.25, 0.3) is 0 Å². The molecule has 1 spiro atoms. The number of hydrogen-bond acceptors (Lipinski definition) is 4. The molecule has 0 aromatic carbocycles. The lowest BCUT2D eigenvalue weighted by atomic mass is 9.71. The summed E-state index contributed by atoms with van der Waals surface area (Å²) in [5.41, 5.74) is -0.759. The van der Waals surface area contributed by atoms with Gasteiger partial charge in [-0.3, -0.25) is 4.79 Å². The van der Waals surface area contributed by atoms with E-state index in [2.05, 4.69) is 0 Å². The molecule has 18 heavy (non-hydrogen) atoms. The lowest BCUT2D eigenvalue weighted by Crippen LogP contribution is -2.50. The molecular formula is C14H20O4. The standard InChI is InChI=1S/C14H20O4/c1-3-10(15)12-11(16)8-14(18-13(12)17)7-5-4-6-9(14)2/h9,15H,3-8H2,1-2H3. The molecule has 2 rings (SSSR count). The second-order valence-electron chi connectivity index (χ2n) is 5.38. The zero-order valence-corrected chi connectivity index (χ0v) is 11.0. The van der Waals surface area contributed by atoms with Crippen LogP contribution in [-0.2, 0) is 14.3 Å². The van der Waals surface area contributed by atoms with E-state index in [1.807, 2.05) is 6.92 Å². The number of allylic oxidation sites excluding steroid dienone is 1. The Morgan fingerprint density at radius 3 is 2.72 bits per heavy atom. The third-order valence-electron chi connectivity index (χ3n) is 4.25. The Labute approximate surface area is 107 Å². The monoisotopic (exact) mass is 252 g/mol. The molecular weight excluding hydrogens is 232 g/mol. The molecule has 0 amide bonds. The molecule has 1 aliphatic heterocycles. The van der Waals surface area contributed by atoms with E-state index in [0.717, 1.165) is 25.7 Å². The summed E-state index contributed by atoms with van der Waals surface area (Å²) in [6.45, 7) is 3.74. The van der Waals surface area contributed by atoms with Gasteiger partial charge < -0.3 is 9.84 Å². The van der Waals surface area contributed by atoms with Gasteiger partial charge in [-0.1, -0.05) is 20.3 Å². The van der Waals surface area contributed by atoms with Crippen molar-refractivity contribution in [2.75, 3.05) is 0 Å². The van der Waals surface area contributed by atoms with Crippen LogP contribution >= 0.6 is 0 Å². The first-order chi connectivity index (χ1) is 8.50. The minimum Gasteiger partial charge on any atom is -0.511 e. The first kappa shape index (κ1) is 13.1. The fourth-order valence-electron chi connectivity index (χ4n) is 3.00. The van der Waals surface area contributed by atoms with Gasteiger partial charge in [-0.15, -0.1) is 0 Å². The summed E-state index contributed by atoms with van der Waals surface area (Å²) in [7, 11) is 0. The van der Waals surface area contributed by atoms with Crippen LogP contribution in [0.1, 0.15) is 52.4 Å². The van der Waals surface area contributed by atoms with Crippen LogP contribution in [0.5, 0.6) is 0 Å². The molecule has 2 fully saturated rings. The van der Waals surface area contributed by atoms with Crippen LogP contribution < -0.4 is 0 Å². The number of carbonyl (C=O) groups excluding carboxylic acids is 2. The summed E-state index contributed by atoms with van der Waals surface area (Å²) in [5.74, 6) is -0.841. The quantitative estimate of drug-likeness (QED) is 0.337. The number of carbonyl (C=O) groups is 2. The van der Waals surface area contributed by atoms with Gasteiger partial charge >= 0.3 is 5.97 Å². The molecule has 1 N–H and O–H groups in total. The molecule has 0 aromatic rings. The zero-order valence-electron chi connectivity index (χ0n) is 11.0. The van der Waals surface area contributed by atoms with E-state index in [1.165, 1.54) is 0 Å². The van der Waals surface area contributed by atoms with E-state index < -0.39 is 11.6 Å². The largest absolute Gasteiger partial charge is 0.511 e. The van der Waals surface area contributed by atoms with Crippen molar-refractivity contribution in [3.63, 3.8) is 0 Å². The van der Waals surface area contributed by atoms with Crippen molar-refractivity contribution in [1.29, 1.82) is 0 Å². The second kappa shape index (κ2) is 4.75. The molecule has 4 heteroatoms. The fourth-order valence-corrected chi connectivity index (χ4v) is 3.00. The van der Waals surface area contributed by atoms with Crippen LogP contribution in [0.15, 0.2) is 11.3 Å². The molecule has 0 bridgehead atoms. The second-order valence-corrected chi connectivity index (χ2v) is 5.38. The van der Waals surface area contributed by atoms with E-state index in [1.54, 1.807) is 6.92 Å². The summed E-state index contributed by atoms with van der Waals surface area (Å²) in [5, 5.41) is 9.63. The van der Waals surface area contributed by atoms with E-state index >= 15 is 0 Å². The highest BCUT2D eigenvalue weighted by atomic mass is 16.6. The smallest absolute Gasteiger partial charge is 0.345 e. The van der Waals surface area contributed by atoms with Crippen molar-refractivity contribution in [2.45, 2.75) is 58.0 Å². The number of aliphatic hydroxyl groups is 1. The Balaban J connectivity index is 2.29. The minimum absolute atomic E-state index is 0.138. The van der Waals surface area contributed by atoms with Crippen molar-refractivity contribution in [2.24, 2.45) is 5.92 Å². The molecule has 4 nitrogen and oxygen atoms in total. The predicted octanol–water partition coefficient (Wildman–Crippen LogP) is 2.67. The molecule has 2 unspecified atom stereocenters. The van der Waals surface area contributed by atoms with Gasteiger partial charge in [-0.25, -0.2) is 4.79 Å². The average molecular weight is 252 g/mol. The van der Waals surface area contributed by atoms with Gasteiger partial charge in [0.25, 0.3) is 0 Å². The van der Waals surface area contributed by atoms with Crippen molar-refractivity contribution in [3.8, 4) is 0 Å². The molecule has 1 aliphatic carbocycles. The number of aliphatic hydroxyl groups excluding tert-OH is 1. The maximum absolute atomic E-state index is 12.1. The number of ketones is 1. The highest BCUT2D eigenvalue weighted by molar-refractivity contribution is 6.19. The Morgan fingerprint density at radius 1 is 1.44 bits per heavy atom. The van der Waals surface area contributed by atoms with Gasteiger partial charge in [-0.05, 0) is 25.2 Å². The average Bonchev–Trinajstić information content (AvgIpc) is 2.32. The Kier molecular flexibility index (Phi) is 3.46. The predicted molar refractivity (Wildman–Crippen MR) is 66.0 cm³/mol. The first-order valence-electron chi connectivity index (χ1n) is 6.69. The van der Waals surface area contributed by atoms with Crippen molar-refractivity contribution >= 4 is 11.8 Å². The lowest BCUT2D eigenvalue weighted by molar-refractivity contribution is -0.174. The van der Waals surface area contributed by atoms with Crippen LogP contribution in [0.2, 0.25) is 0 Å². The van der Waals surface area contributed by atoms with Crippen LogP contribution in [-0.4, -0.2) is 22.5 Å². The van der Waals surface area contributed by atoms with Crippen molar-refractivity contribution < 1.29 is 19.4 Å². The van der Waals surface area contributed by atoms with Gasteiger partial charge in [0.2, 0.25) is 0 Å². The van der Waals surface area contributed by atoms with Gasteiger partial charge in [0.05, 0.1) is 6.42 Å². The first-order valence-corrected chi connectivity index (χ1v) is 6.69. The van der Waals surface area contributed by atoms with Gasteiger partial charge in [0.15, 0.2) is 5.78 Å². The van der Waals surface area contributed by atoms with Crippen LogP contribution in [0.4, 0.5) is 0 Å². The molecule has 1 saturated heterocycles. The number of ether oxygens (including phenoxy) is 1. The van der Waals surface area contributed by atoms with Crippen LogP contribution in [0, 0.1) is 5.92 Å². The maximum Gasteiger partial charge on any atom is 0.345 e. The number of esters is 1. The SMILES string of the molecule is CCC(O)=C1C(=O)CC2(CCCCC2C)OC1=O. The minimum atomic E-state index is -0.639. The molecule has 2 atom stereocenters. The lowest BCUT2D eigenvalue weighted by Gasteiger charge is -2.44. The number of Topliss-reactive ketones (excluding diaryl/α,β-unsaturated/α-hetero) is 1. The fraction of sp³-hybridized carbons (Fsp3) is 0.714. The van der Waals surface area contributed by atoms with Crippen LogP contribution in [0.3, 0.4) is 0 Å². The van der Waals surface area contributed by atoms with E-state index in [0.29, 0.717) is 0 Å². The Bertz CT molecular complexity index is 388. The van der Waals surface area contributed by atoms with Crippen molar-refractivity contribution in [3.05, 3.63) is 11.3 Å². The van der Waals surface area contributed by atoms with Gasteiger partial charge in [-0.2, -0.15) is 0 Å². The topological polar surface area (TPSA) is 63.6 Å². The molecule has 1 saturated carbocycles. The molecule has 100 valence electrons. The summed E-state index contributed by atoms with van der Waals surface area (Å²) >= 11 is 0. The van der Waals surface area contributed by atoms with Gasteiger partial charge in [0, 0.05) is 6.42 Å². The number of hydrogen-bond donors (Lipinski definition) is 1. The summed E-state index contributed by atoms with van der Waals surface area (Å²) in [6, 6.07) is 0. The molecule has 2 aliphatic rings. The Hall–Kier alpha value is -1.32. The van der Waals surface area contributed by atoms with E-state index in [-0.39, 0.29) is 35.9 Å². The van der Waals surface area contributed by atoms with E-state index in [4.69, 9.17) is 4.74 Å². The van der Waals surface area contributed by atoms with Gasteiger partial charge in [0.1, 0.15) is 16.9 Å². The summed E-state index contributed by atoms with van der Waals surface area (Å²) in [6.07, 6.45) is 4.35. The molecule has 0 aromatic heterocycles. The molecule has 0 radical (unpaired) electrons. The normalized spacial score (nSPS) is 35.6. The maximum atomic E-state index is 12.1. The highest BCUT2D eigenvalue weighted by Gasteiger charge is 2.49. The van der Waals surface area contributed by atoms with Crippen molar-refractivity contribution in [1.82, 2.24) is 0 Å². The number of rotatable bonds is 1. The molecule has 1 heterocycles. The Morgan fingerprint density at radius 2 is 2.17 bits per heavy atom. The van der Waals surface area contributed by atoms with E-state index in [9.17, 15) is 14.7 Å². The summed E-state index contributed by atoms with van der Waals surface area (Å²) in [4.78, 5) is 24.1. The third-order valence-corrected chi connectivity index (χ3v) is 4.25. The highest BCUT2D eigenvalue weighted by Crippen LogP contribution is 2.43. The third kappa shape index (κ3) is 2.04. The zero-order chi connectivity index (χ0) is 13.3.